The average Bonchev–Trinajstić information content (AvgIpc) is 3.05. The van der Waals surface area contributed by atoms with Gasteiger partial charge in [0.1, 0.15) is 18.3 Å². The highest BCUT2D eigenvalue weighted by molar-refractivity contribution is 5.84. The van der Waals surface area contributed by atoms with Crippen LogP contribution in [-0.4, -0.2) is 18.6 Å². The van der Waals surface area contributed by atoms with Crippen molar-refractivity contribution in [3.8, 4) is 5.75 Å². The van der Waals surface area contributed by atoms with Gasteiger partial charge in [-0.25, -0.2) is 5.48 Å². The highest BCUT2D eigenvalue weighted by Gasteiger charge is 2.30. The fraction of sp³-hybridized carbons (Fsp3) is 0.500. The molecule has 1 aromatic rings. The van der Waals surface area contributed by atoms with Gasteiger partial charge in [-0.15, -0.1) is 0 Å². The Hall–Kier alpha value is -1.55. The number of benzene rings is 1. The van der Waals surface area contributed by atoms with Crippen LogP contribution in [0.3, 0.4) is 0 Å². The Morgan fingerprint density at radius 2 is 2.06 bits per heavy atom. The molecule has 1 heterocycles. The predicted molar refractivity (Wildman–Crippen MR) is 66.2 cm³/mol. The van der Waals surface area contributed by atoms with Crippen LogP contribution in [0.5, 0.6) is 5.75 Å². The normalized spacial score (nSPS) is 22.6. The number of hydrogen-bond donors (Lipinski definition) is 1. The quantitative estimate of drug-likeness (QED) is 0.832. The minimum Gasteiger partial charge on any atom is -0.492 e. The smallest absolute Gasteiger partial charge is 0.254 e. The summed E-state index contributed by atoms with van der Waals surface area (Å²) in [5.74, 6) is 0.452. The molecule has 1 saturated carbocycles. The molecule has 1 unspecified atom stereocenters. The molecule has 1 aliphatic carbocycles. The van der Waals surface area contributed by atoms with Gasteiger partial charge >= 0.3 is 0 Å². The Labute approximate surface area is 106 Å². The van der Waals surface area contributed by atoms with Crippen LogP contribution >= 0.6 is 0 Å². The summed E-state index contributed by atoms with van der Waals surface area (Å²) >= 11 is 0. The highest BCUT2D eigenvalue weighted by Crippen LogP contribution is 2.33. The standard InChI is InChI=1S/C14H17NO3/c16-14(15-18-10-5-1-2-6-10)12-9-17-13-8-4-3-7-11(12)13/h3-4,7-8,10,12H,1-2,5-6,9H2,(H,15,16). The third-order valence-corrected chi connectivity index (χ3v) is 3.64. The summed E-state index contributed by atoms with van der Waals surface area (Å²) in [7, 11) is 0. The molecule has 4 nitrogen and oxygen atoms in total. The van der Waals surface area contributed by atoms with Gasteiger partial charge < -0.3 is 4.74 Å². The summed E-state index contributed by atoms with van der Waals surface area (Å²) in [6.07, 6.45) is 4.65. The van der Waals surface area contributed by atoms with Crippen LogP contribution in [0.1, 0.15) is 37.2 Å². The van der Waals surface area contributed by atoms with Gasteiger partial charge in [0.05, 0.1) is 6.10 Å². The molecule has 2 aliphatic rings. The van der Waals surface area contributed by atoms with Crippen molar-refractivity contribution in [1.82, 2.24) is 5.48 Å². The van der Waals surface area contributed by atoms with Crippen molar-refractivity contribution in [2.24, 2.45) is 0 Å². The Bertz CT molecular complexity index is 440. The lowest BCUT2D eigenvalue weighted by Crippen LogP contribution is -2.33. The second kappa shape index (κ2) is 4.98. The van der Waals surface area contributed by atoms with E-state index in [9.17, 15) is 4.79 Å². The van der Waals surface area contributed by atoms with Crippen molar-refractivity contribution < 1.29 is 14.4 Å². The Morgan fingerprint density at radius 1 is 1.28 bits per heavy atom. The number of carbonyl (C=O) groups excluding carboxylic acids is 1. The third kappa shape index (κ3) is 2.20. The number of para-hydroxylation sites is 1. The summed E-state index contributed by atoms with van der Waals surface area (Å²) < 4.78 is 5.49. The second-order valence-electron chi connectivity index (χ2n) is 4.89. The van der Waals surface area contributed by atoms with Crippen molar-refractivity contribution in [1.29, 1.82) is 0 Å². The average molecular weight is 247 g/mol. The van der Waals surface area contributed by atoms with E-state index in [0.29, 0.717) is 6.61 Å². The minimum absolute atomic E-state index is 0.105. The van der Waals surface area contributed by atoms with Crippen molar-refractivity contribution >= 4 is 5.91 Å². The first kappa shape index (κ1) is 11.5. The van der Waals surface area contributed by atoms with Crippen LogP contribution in [0.2, 0.25) is 0 Å². The summed E-state index contributed by atoms with van der Waals surface area (Å²) in [6, 6.07) is 7.66. The van der Waals surface area contributed by atoms with Crippen molar-refractivity contribution in [2.45, 2.75) is 37.7 Å². The number of ether oxygens (including phenoxy) is 1. The maximum Gasteiger partial charge on any atom is 0.254 e. The molecule has 3 rings (SSSR count). The molecule has 0 aromatic heterocycles. The number of carbonyl (C=O) groups is 1. The molecule has 18 heavy (non-hydrogen) atoms. The topological polar surface area (TPSA) is 47.6 Å². The number of amides is 1. The molecule has 1 atom stereocenters. The van der Waals surface area contributed by atoms with Gasteiger partial charge in [0.2, 0.25) is 0 Å². The third-order valence-electron chi connectivity index (χ3n) is 3.64. The van der Waals surface area contributed by atoms with Crippen molar-refractivity contribution in [3.63, 3.8) is 0 Å². The molecule has 0 bridgehead atoms. The van der Waals surface area contributed by atoms with E-state index in [-0.39, 0.29) is 17.9 Å². The van der Waals surface area contributed by atoms with Crippen LogP contribution in [0.4, 0.5) is 0 Å². The SMILES string of the molecule is O=C(NOC1CCCC1)C1COc2ccccc21. The summed E-state index contributed by atoms with van der Waals surface area (Å²) in [4.78, 5) is 17.5. The van der Waals surface area contributed by atoms with Crippen LogP contribution in [0, 0.1) is 0 Å². The van der Waals surface area contributed by atoms with E-state index in [1.54, 1.807) is 0 Å². The fourth-order valence-corrected chi connectivity index (χ4v) is 2.60. The molecule has 1 fully saturated rings. The fourth-order valence-electron chi connectivity index (χ4n) is 2.60. The van der Waals surface area contributed by atoms with E-state index < -0.39 is 0 Å². The number of rotatable bonds is 3. The molecule has 4 heteroatoms. The molecule has 1 aromatic carbocycles. The Morgan fingerprint density at radius 3 is 2.89 bits per heavy atom. The lowest BCUT2D eigenvalue weighted by atomic mass is 10.0. The van der Waals surface area contributed by atoms with Crippen LogP contribution in [-0.2, 0) is 9.63 Å². The van der Waals surface area contributed by atoms with Gasteiger partial charge in [-0.05, 0) is 18.9 Å². The van der Waals surface area contributed by atoms with E-state index in [1.165, 1.54) is 12.8 Å². The van der Waals surface area contributed by atoms with Gasteiger partial charge in [0, 0.05) is 5.56 Å². The molecule has 0 spiro atoms. The maximum atomic E-state index is 12.0. The zero-order valence-corrected chi connectivity index (χ0v) is 10.2. The molecule has 1 amide bonds. The van der Waals surface area contributed by atoms with E-state index in [1.807, 2.05) is 24.3 Å². The maximum absolute atomic E-state index is 12.0. The van der Waals surface area contributed by atoms with Gasteiger partial charge in [0.15, 0.2) is 0 Å². The first-order valence-corrected chi connectivity index (χ1v) is 6.52. The van der Waals surface area contributed by atoms with E-state index in [4.69, 9.17) is 9.57 Å². The number of hydroxylamine groups is 1. The summed E-state index contributed by atoms with van der Waals surface area (Å²) in [5, 5.41) is 0. The van der Waals surface area contributed by atoms with Crippen LogP contribution in [0.25, 0.3) is 0 Å². The Kier molecular flexibility index (Phi) is 3.19. The molecule has 0 radical (unpaired) electrons. The Balaban J connectivity index is 1.60. The zero-order chi connectivity index (χ0) is 12.4. The largest absolute Gasteiger partial charge is 0.492 e. The zero-order valence-electron chi connectivity index (χ0n) is 10.2. The second-order valence-corrected chi connectivity index (χ2v) is 4.89. The molecule has 0 saturated heterocycles. The highest BCUT2D eigenvalue weighted by atomic mass is 16.7. The molecule has 96 valence electrons. The van der Waals surface area contributed by atoms with Gasteiger partial charge in [0.25, 0.3) is 5.91 Å². The number of hydrogen-bond acceptors (Lipinski definition) is 3. The van der Waals surface area contributed by atoms with Gasteiger partial charge in [-0.3, -0.25) is 9.63 Å². The first-order chi connectivity index (χ1) is 8.84. The van der Waals surface area contributed by atoms with E-state index in [0.717, 1.165) is 24.2 Å². The molecular formula is C14H17NO3. The number of fused-ring (bicyclic) bond motifs is 1. The van der Waals surface area contributed by atoms with Crippen molar-refractivity contribution in [2.75, 3.05) is 6.61 Å². The van der Waals surface area contributed by atoms with Crippen LogP contribution in [0.15, 0.2) is 24.3 Å². The van der Waals surface area contributed by atoms with Gasteiger partial charge in [-0.2, -0.15) is 0 Å². The molecule has 1 N–H and O–H groups in total. The van der Waals surface area contributed by atoms with Gasteiger partial charge in [-0.1, -0.05) is 31.0 Å². The predicted octanol–water partition coefficient (Wildman–Crippen LogP) is 2.15. The van der Waals surface area contributed by atoms with E-state index >= 15 is 0 Å². The number of nitrogens with one attached hydrogen (secondary N) is 1. The summed E-state index contributed by atoms with van der Waals surface area (Å²) in [6.45, 7) is 0.402. The molecular weight excluding hydrogens is 230 g/mol. The van der Waals surface area contributed by atoms with E-state index in [2.05, 4.69) is 5.48 Å². The lowest BCUT2D eigenvalue weighted by Gasteiger charge is -2.14. The van der Waals surface area contributed by atoms with Crippen molar-refractivity contribution in [3.05, 3.63) is 29.8 Å². The monoisotopic (exact) mass is 247 g/mol. The van der Waals surface area contributed by atoms with Crippen LogP contribution < -0.4 is 10.2 Å². The lowest BCUT2D eigenvalue weighted by molar-refractivity contribution is -0.140. The molecule has 1 aliphatic heterocycles. The first-order valence-electron chi connectivity index (χ1n) is 6.52. The summed E-state index contributed by atoms with van der Waals surface area (Å²) in [5.41, 5.74) is 3.54. The minimum atomic E-state index is -0.248.